The molecule has 2 N–H and O–H groups in total. The van der Waals surface area contributed by atoms with Crippen molar-refractivity contribution in [2.45, 2.75) is 6.54 Å². The molecule has 2 radical (unpaired) electrons. The number of benzene rings is 1. The van der Waals surface area contributed by atoms with Crippen molar-refractivity contribution in [3.8, 4) is 11.5 Å². The van der Waals surface area contributed by atoms with Gasteiger partial charge in [0.1, 0.15) is 17.2 Å². The maximum atomic E-state index is 9.71. The zero-order chi connectivity index (χ0) is 16.8. The summed E-state index contributed by atoms with van der Waals surface area (Å²) in [5.41, 5.74) is 2.38. The topological polar surface area (TPSA) is 71.2 Å². The first-order valence-electron chi connectivity index (χ1n) is 7.52. The molecule has 0 aliphatic heterocycles. The summed E-state index contributed by atoms with van der Waals surface area (Å²) < 4.78 is 1.62. The Morgan fingerprint density at radius 1 is 0.960 bits per heavy atom. The first-order chi connectivity index (χ1) is 11.7. The molecule has 1 aromatic heterocycles. The molecule has 2 aliphatic carbocycles. The number of nitrogens with zero attached hydrogens (tertiary/aromatic N) is 3. The van der Waals surface area contributed by atoms with Crippen molar-refractivity contribution in [3.05, 3.63) is 91.0 Å². The summed E-state index contributed by atoms with van der Waals surface area (Å²) in [6, 6.07) is 4.41. The van der Waals surface area contributed by atoms with Gasteiger partial charge in [-0.1, -0.05) is 47.7 Å². The van der Waals surface area contributed by atoms with Crippen molar-refractivity contribution >= 4 is 5.57 Å². The van der Waals surface area contributed by atoms with Crippen LogP contribution in [0.5, 0.6) is 11.5 Å². The van der Waals surface area contributed by atoms with Crippen molar-refractivity contribution < 1.29 is 27.3 Å². The Bertz CT molecular complexity index is 825. The second-order valence-corrected chi connectivity index (χ2v) is 5.25. The third kappa shape index (κ3) is 5.21. The molecular weight excluding hydrogens is 358 g/mol. The van der Waals surface area contributed by atoms with E-state index in [9.17, 15) is 10.2 Å². The largest absolute Gasteiger partial charge is 0.508 e. The van der Waals surface area contributed by atoms with Gasteiger partial charge in [-0.3, -0.25) is 0 Å². The summed E-state index contributed by atoms with van der Waals surface area (Å²) in [6.45, 7) is 0.355. The van der Waals surface area contributed by atoms with Crippen LogP contribution in [0.2, 0.25) is 0 Å². The minimum absolute atomic E-state index is 0. The van der Waals surface area contributed by atoms with Crippen molar-refractivity contribution in [1.29, 1.82) is 0 Å². The molecule has 0 unspecified atom stereocenters. The molecule has 0 atom stereocenters. The van der Waals surface area contributed by atoms with Gasteiger partial charge in [0.05, 0.1) is 12.7 Å². The van der Waals surface area contributed by atoms with E-state index in [1.807, 2.05) is 55.4 Å². The van der Waals surface area contributed by atoms with Gasteiger partial charge in [0.15, 0.2) is 0 Å². The van der Waals surface area contributed by atoms with Gasteiger partial charge in [0, 0.05) is 35.5 Å². The smallest absolute Gasteiger partial charge is 0.120 e. The van der Waals surface area contributed by atoms with Crippen LogP contribution in [0.3, 0.4) is 0 Å². The Balaban J connectivity index is 0.000000325. The number of allylic oxidation sites excluding steroid dienone is 8. The molecular formula is C19H17FeN3O2. The fourth-order valence-corrected chi connectivity index (χ4v) is 2.25. The summed E-state index contributed by atoms with van der Waals surface area (Å²) >= 11 is 0. The summed E-state index contributed by atoms with van der Waals surface area (Å²) in [7, 11) is 0. The van der Waals surface area contributed by atoms with E-state index in [1.54, 1.807) is 10.9 Å². The number of phenolic OH excluding ortho intramolecular Hbond substituents is 2. The van der Waals surface area contributed by atoms with Crippen LogP contribution in [0.4, 0.5) is 0 Å². The standard InChI is InChI=1S/C14H12N3O2.C5H5.Fe/c18-12-5-6-14(19)11(7-12)8-17-9-13(15-16-17)10-3-1-2-4-10;1-2-4-5-3-1;/h1-7,9,18-19H,8H2;1-5H;. The minimum atomic E-state index is 0. The number of aromatic hydroxyl groups is 2. The second-order valence-electron chi connectivity index (χ2n) is 5.25. The van der Waals surface area contributed by atoms with Crippen LogP contribution in [0.25, 0.3) is 5.57 Å². The Labute approximate surface area is 157 Å². The molecule has 1 heterocycles. The average Bonchev–Trinajstić information content (AvgIpc) is 3.34. The monoisotopic (exact) mass is 375 g/mol. The zero-order valence-electron chi connectivity index (χ0n) is 13.3. The van der Waals surface area contributed by atoms with Gasteiger partial charge in [-0.15, -0.1) is 5.10 Å². The number of rotatable bonds is 3. The molecule has 1 aromatic carbocycles. The molecule has 2 aliphatic rings. The fourth-order valence-electron chi connectivity index (χ4n) is 2.25. The van der Waals surface area contributed by atoms with Crippen LogP contribution in [0.15, 0.2) is 66.9 Å². The number of aromatic nitrogens is 3. The van der Waals surface area contributed by atoms with E-state index in [2.05, 4.69) is 10.3 Å². The number of phenols is 2. The molecule has 25 heavy (non-hydrogen) atoms. The summed E-state index contributed by atoms with van der Waals surface area (Å²) in [4.78, 5) is 0. The maximum Gasteiger partial charge on any atom is 0.120 e. The maximum absolute atomic E-state index is 9.71. The van der Waals surface area contributed by atoms with Crippen LogP contribution >= 0.6 is 0 Å². The van der Waals surface area contributed by atoms with Crippen LogP contribution in [0.1, 0.15) is 11.3 Å². The van der Waals surface area contributed by atoms with Crippen LogP contribution in [-0.4, -0.2) is 25.2 Å². The van der Waals surface area contributed by atoms with Crippen molar-refractivity contribution in [2.24, 2.45) is 0 Å². The molecule has 0 saturated carbocycles. The molecule has 0 saturated heterocycles. The SMILES string of the molecule is Oc1ccc(O)c(Cn2cc(C3=C[CH]C=C3)nn2)c1.[CH]1C=CC=C1.[Fe]. The Hall–Kier alpha value is -2.56. The van der Waals surface area contributed by atoms with Gasteiger partial charge >= 0.3 is 0 Å². The molecule has 4 rings (SSSR count). The van der Waals surface area contributed by atoms with Gasteiger partial charge in [-0.25, -0.2) is 4.68 Å². The second kappa shape index (κ2) is 9.06. The number of hydrogen-bond donors (Lipinski definition) is 2. The van der Waals surface area contributed by atoms with Crippen LogP contribution in [0, 0.1) is 12.8 Å². The first-order valence-corrected chi connectivity index (χ1v) is 7.52. The average molecular weight is 375 g/mol. The number of hydrogen-bond acceptors (Lipinski definition) is 4. The van der Waals surface area contributed by atoms with E-state index < -0.39 is 0 Å². The van der Waals surface area contributed by atoms with Crippen molar-refractivity contribution in [1.82, 2.24) is 15.0 Å². The summed E-state index contributed by atoms with van der Waals surface area (Å²) in [5, 5.41) is 27.2. The molecule has 128 valence electrons. The van der Waals surface area contributed by atoms with Crippen LogP contribution in [-0.2, 0) is 23.6 Å². The van der Waals surface area contributed by atoms with E-state index >= 15 is 0 Å². The normalized spacial score (nSPS) is 14.0. The van der Waals surface area contributed by atoms with E-state index in [0.29, 0.717) is 12.1 Å². The Morgan fingerprint density at radius 2 is 1.76 bits per heavy atom. The molecule has 0 fully saturated rings. The van der Waals surface area contributed by atoms with Gasteiger partial charge in [0.25, 0.3) is 0 Å². The molecule has 5 nitrogen and oxygen atoms in total. The van der Waals surface area contributed by atoms with Gasteiger partial charge < -0.3 is 10.2 Å². The third-order valence-corrected chi connectivity index (χ3v) is 3.45. The van der Waals surface area contributed by atoms with Crippen molar-refractivity contribution in [3.63, 3.8) is 0 Å². The van der Waals surface area contributed by atoms with Gasteiger partial charge in [0.2, 0.25) is 0 Å². The van der Waals surface area contributed by atoms with Crippen molar-refractivity contribution in [2.75, 3.05) is 0 Å². The quantitative estimate of drug-likeness (QED) is 0.639. The molecule has 0 amide bonds. The van der Waals surface area contributed by atoms with Gasteiger partial charge in [-0.2, -0.15) is 0 Å². The van der Waals surface area contributed by atoms with E-state index in [-0.39, 0.29) is 28.6 Å². The fraction of sp³-hybridized carbons (Fsp3) is 0.0526. The molecule has 0 spiro atoms. The summed E-state index contributed by atoms with van der Waals surface area (Å²) in [6.07, 6.45) is 19.6. The predicted molar refractivity (Wildman–Crippen MR) is 92.9 cm³/mol. The minimum Gasteiger partial charge on any atom is -0.508 e. The summed E-state index contributed by atoms with van der Waals surface area (Å²) in [5.74, 6) is 0.243. The molecule has 6 heteroatoms. The Morgan fingerprint density at radius 3 is 2.40 bits per heavy atom. The van der Waals surface area contributed by atoms with E-state index in [0.717, 1.165) is 11.3 Å². The molecule has 2 aromatic rings. The third-order valence-electron chi connectivity index (χ3n) is 3.45. The van der Waals surface area contributed by atoms with E-state index in [1.165, 1.54) is 18.2 Å². The predicted octanol–water partition coefficient (Wildman–Crippen LogP) is 3.21. The van der Waals surface area contributed by atoms with E-state index in [4.69, 9.17) is 0 Å². The van der Waals surface area contributed by atoms with Crippen LogP contribution < -0.4 is 0 Å². The van der Waals surface area contributed by atoms with Gasteiger partial charge in [-0.05, 0) is 23.8 Å². The Kier molecular flexibility index (Phi) is 6.80. The first kappa shape index (κ1) is 18.8. The zero-order valence-corrected chi connectivity index (χ0v) is 14.4. The molecule has 0 bridgehead atoms.